The van der Waals surface area contributed by atoms with Crippen molar-refractivity contribution in [3.05, 3.63) is 0 Å². The zero-order valence-electron chi connectivity index (χ0n) is 11.2. The van der Waals surface area contributed by atoms with E-state index in [1.807, 2.05) is 5.32 Å². The Morgan fingerprint density at radius 2 is 1.95 bits per heavy atom. The fourth-order valence-corrected chi connectivity index (χ4v) is 2.06. The molecule has 7 heteroatoms. The minimum Gasteiger partial charge on any atom is -0.346 e. The van der Waals surface area contributed by atoms with Crippen molar-refractivity contribution in [3.8, 4) is 0 Å². The van der Waals surface area contributed by atoms with Crippen molar-refractivity contribution in [1.82, 2.24) is 15.5 Å². The largest absolute Gasteiger partial charge is 0.405 e. The molecule has 1 aliphatic heterocycles. The van der Waals surface area contributed by atoms with Gasteiger partial charge in [0.2, 0.25) is 5.91 Å². The number of rotatable bonds is 7. The highest BCUT2D eigenvalue weighted by Crippen LogP contribution is 2.12. The number of halogens is 3. The Bertz CT molecular complexity index is 278. The first-order chi connectivity index (χ1) is 8.88. The number of carbonyl (C=O) groups excluding carboxylic acids is 1. The average molecular weight is 281 g/mol. The normalized spacial score (nSPS) is 18.5. The zero-order valence-corrected chi connectivity index (χ0v) is 11.2. The summed E-state index contributed by atoms with van der Waals surface area (Å²) in [4.78, 5) is 13.7. The quantitative estimate of drug-likeness (QED) is 0.688. The molecule has 19 heavy (non-hydrogen) atoms. The van der Waals surface area contributed by atoms with Gasteiger partial charge < -0.3 is 15.5 Å². The summed E-state index contributed by atoms with van der Waals surface area (Å²) in [6, 6.07) is -0.596. The van der Waals surface area contributed by atoms with Crippen molar-refractivity contribution in [2.24, 2.45) is 0 Å². The van der Waals surface area contributed by atoms with Crippen LogP contribution >= 0.6 is 0 Å². The highest BCUT2D eigenvalue weighted by atomic mass is 19.4. The maximum Gasteiger partial charge on any atom is 0.405 e. The van der Waals surface area contributed by atoms with Gasteiger partial charge in [0.15, 0.2) is 0 Å². The van der Waals surface area contributed by atoms with E-state index in [1.165, 1.54) is 12.8 Å². The zero-order chi connectivity index (χ0) is 14.3. The minimum absolute atomic E-state index is 0.596. The van der Waals surface area contributed by atoms with Crippen molar-refractivity contribution >= 4 is 5.91 Å². The lowest BCUT2D eigenvalue weighted by molar-refractivity contribution is -0.139. The molecular formula is C12H22F3N3O. The smallest absolute Gasteiger partial charge is 0.346 e. The molecule has 0 aromatic heterocycles. The van der Waals surface area contributed by atoms with E-state index in [9.17, 15) is 18.0 Å². The third-order valence-corrected chi connectivity index (χ3v) is 3.16. The van der Waals surface area contributed by atoms with Gasteiger partial charge in [-0.2, -0.15) is 13.2 Å². The van der Waals surface area contributed by atoms with Gasteiger partial charge in [-0.15, -0.1) is 0 Å². The highest BCUT2D eigenvalue weighted by Gasteiger charge is 2.28. The third-order valence-electron chi connectivity index (χ3n) is 3.16. The molecule has 0 aromatic carbocycles. The van der Waals surface area contributed by atoms with E-state index in [4.69, 9.17) is 0 Å². The van der Waals surface area contributed by atoms with E-state index >= 15 is 0 Å². The van der Waals surface area contributed by atoms with Crippen LogP contribution < -0.4 is 10.6 Å². The molecule has 0 spiro atoms. The maximum absolute atomic E-state index is 11.9. The van der Waals surface area contributed by atoms with Crippen LogP contribution in [0.2, 0.25) is 0 Å². The van der Waals surface area contributed by atoms with Crippen LogP contribution in [0.5, 0.6) is 0 Å². The summed E-state index contributed by atoms with van der Waals surface area (Å²) in [5, 5.41) is 4.80. The van der Waals surface area contributed by atoms with Gasteiger partial charge in [-0.05, 0) is 52.4 Å². The minimum atomic E-state index is -4.36. The molecule has 2 N–H and O–H groups in total. The second-order valence-corrected chi connectivity index (χ2v) is 4.91. The topological polar surface area (TPSA) is 44.4 Å². The van der Waals surface area contributed by atoms with Gasteiger partial charge >= 0.3 is 6.18 Å². The molecule has 0 aliphatic carbocycles. The van der Waals surface area contributed by atoms with Crippen LogP contribution in [0.25, 0.3) is 0 Å². The molecule has 1 fully saturated rings. The van der Waals surface area contributed by atoms with E-state index in [0.29, 0.717) is 6.54 Å². The molecule has 0 bridgehead atoms. The van der Waals surface area contributed by atoms with Gasteiger partial charge in [-0.3, -0.25) is 4.79 Å². The fraction of sp³-hybridized carbons (Fsp3) is 0.917. The summed E-state index contributed by atoms with van der Waals surface area (Å²) < 4.78 is 35.8. The van der Waals surface area contributed by atoms with Crippen LogP contribution in [0.1, 0.15) is 26.2 Å². The number of alkyl halides is 3. The third kappa shape index (κ3) is 7.37. The summed E-state index contributed by atoms with van der Waals surface area (Å²) in [5.41, 5.74) is 0. The molecule has 1 atom stereocenters. The number of likely N-dealkylation sites (tertiary alicyclic amines) is 1. The predicted octanol–water partition coefficient (Wildman–Crippen LogP) is 1.13. The Morgan fingerprint density at radius 1 is 1.32 bits per heavy atom. The van der Waals surface area contributed by atoms with E-state index in [2.05, 4.69) is 10.2 Å². The second-order valence-electron chi connectivity index (χ2n) is 4.91. The molecule has 0 saturated carbocycles. The Morgan fingerprint density at radius 3 is 2.53 bits per heavy atom. The van der Waals surface area contributed by atoms with E-state index in [0.717, 1.165) is 26.1 Å². The first-order valence-electron chi connectivity index (χ1n) is 6.69. The van der Waals surface area contributed by atoms with Crippen LogP contribution in [0, 0.1) is 0 Å². The number of hydrogen-bond donors (Lipinski definition) is 2. The van der Waals surface area contributed by atoms with Crippen LogP contribution in [0.3, 0.4) is 0 Å². The van der Waals surface area contributed by atoms with Crippen molar-refractivity contribution in [2.45, 2.75) is 38.4 Å². The molecule has 1 amide bonds. The van der Waals surface area contributed by atoms with E-state index in [-0.39, 0.29) is 0 Å². The predicted molar refractivity (Wildman–Crippen MR) is 66.8 cm³/mol. The molecule has 1 heterocycles. The number of nitrogens with one attached hydrogen (secondary N) is 2. The van der Waals surface area contributed by atoms with Crippen LogP contribution in [-0.2, 0) is 4.79 Å². The number of carbonyl (C=O) groups is 1. The molecule has 1 rings (SSSR count). The van der Waals surface area contributed by atoms with Gasteiger partial charge in [0.1, 0.15) is 6.54 Å². The highest BCUT2D eigenvalue weighted by molar-refractivity contribution is 5.81. The standard InChI is InChI=1S/C12H22F3N3O/c1-10(11(19)17-9-12(13,14)15)16-5-4-8-18-6-2-3-7-18/h10,16H,2-9H2,1H3,(H,17,19). The van der Waals surface area contributed by atoms with Gasteiger partial charge in [0.05, 0.1) is 6.04 Å². The Kier molecular flexibility index (Phi) is 6.57. The summed E-state index contributed by atoms with van der Waals surface area (Å²) >= 11 is 0. The summed E-state index contributed by atoms with van der Waals surface area (Å²) in [5.74, 6) is -0.613. The summed E-state index contributed by atoms with van der Waals surface area (Å²) in [6.07, 6.45) is -0.977. The van der Waals surface area contributed by atoms with Crippen LogP contribution in [-0.4, -0.2) is 55.7 Å². The molecular weight excluding hydrogens is 259 g/mol. The van der Waals surface area contributed by atoms with Gasteiger partial charge in [-0.25, -0.2) is 0 Å². The number of amides is 1. The van der Waals surface area contributed by atoms with Crippen LogP contribution in [0.15, 0.2) is 0 Å². The van der Waals surface area contributed by atoms with Crippen molar-refractivity contribution in [1.29, 1.82) is 0 Å². The SMILES string of the molecule is CC(NCCCN1CCCC1)C(=O)NCC(F)(F)F. The molecule has 1 saturated heterocycles. The molecule has 1 unspecified atom stereocenters. The Labute approximate surface area is 111 Å². The Balaban J connectivity index is 2.05. The van der Waals surface area contributed by atoms with E-state index in [1.54, 1.807) is 6.92 Å². The number of hydrogen-bond acceptors (Lipinski definition) is 3. The lowest BCUT2D eigenvalue weighted by atomic mass is 10.3. The summed E-state index contributed by atoms with van der Waals surface area (Å²) in [6.45, 7) is 4.16. The number of nitrogens with zero attached hydrogens (tertiary/aromatic N) is 1. The van der Waals surface area contributed by atoms with Crippen LogP contribution in [0.4, 0.5) is 13.2 Å². The monoisotopic (exact) mass is 281 g/mol. The van der Waals surface area contributed by atoms with Gasteiger partial charge in [0.25, 0.3) is 0 Å². The van der Waals surface area contributed by atoms with Crippen molar-refractivity contribution in [2.75, 3.05) is 32.7 Å². The first-order valence-corrected chi connectivity index (χ1v) is 6.69. The Hall–Kier alpha value is -0.820. The maximum atomic E-state index is 11.9. The summed E-state index contributed by atoms with van der Waals surface area (Å²) in [7, 11) is 0. The lowest BCUT2D eigenvalue weighted by Crippen LogP contribution is -2.45. The molecule has 1 aliphatic rings. The van der Waals surface area contributed by atoms with Crippen molar-refractivity contribution in [3.63, 3.8) is 0 Å². The average Bonchev–Trinajstić information content (AvgIpc) is 2.83. The second kappa shape index (κ2) is 7.69. The molecule has 4 nitrogen and oxygen atoms in total. The van der Waals surface area contributed by atoms with E-state index < -0.39 is 24.7 Å². The van der Waals surface area contributed by atoms with Crippen molar-refractivity contribution < 1.29 is 18.0 Å². The first kappa shape index (κ1) is 16.2. The molecule has 0 radical (unpaired) electrons. The van der Waals surface area contributed by atoms with Gasteiger partial charge in [0, 0.05) is 0 Å². The molecule has 0 aromatic rings. The lowest BCUT2D eigenvalue weighted by Gasteiger charge is -2.17. The van der Waals surface area contributed by atoms with Gasteiger partial charge in [-0.1, -0.05) is 0 Å². The molecule has 112 valence electrons. The fourth-order valence-electron chi connectivity index (χ4n) is 2.06.